The predicted molar refractivity (Wildman–Crippen MR) is 119 cm³/mol. The van der Waals surface area contributed by atoms with E-state index in [1.807, 2.05) is 0 Å². The molecule has 1 atom stereocenters. The fraction of sp³-hybridized carbons (Fsp3) is 0.278. The molecule has 13 heteroatoms. The van der Waals surface area contributed by atoms with Gasteiger partial charge in [-0.05, 0) is 43.2 Å². The molecule has 4 rings (SSSR count). The number of anilines is 1. The van der Waals surface area contributed by atoms with E-state index in [2.05, 4.69) is 15.5 Å². The van der Waals surface area contributed by atoms with Crippen LogP contribution in [-0.2, 0) is 14.8 Å². The number of halogens is 3. The van der Waals surface area contributed by atoms with Gasteiger partial charge in [-0.15, -0.1) is 16.4 Å². The summed E-state index contributed by atoms with van der Waals surface area (Å²) in [5, 5.41) is 10.7. The Morgan fingerprint density at radius 2 is 1.94 bits per heavy atom. The van der Waals surface area contributed by atoms with Crippen molar-refractivity contribution in [2.45, 2.75) is 17.7 Å². The minimum atomic E-state index is -3.74. The molecule has 1 saturated heterocycles. The third-order valence-corrected chi connectivity index (χ3v) is 8.37. The van der Waals surface area contributed by atoms with Gasteiger partial charge in [-0.3, -0.25) is 10.1 Å². The van der Waals surface area contributed by atoms with Gasteiger partial charge in [0.2, 0.25) is 15.9 Å². The van der Waals surface area contributed by atoms with Gasteiger partial charge in [0, 0.05) is 18.1 Å². The molecule has 0 bridgehead atoms. The van der Waals surface area contributed by atoms with Crippen molar-refractivity contribution < 1.29 is 17.6 Å². The third-order valence-electron chi connectivity index (χ3n) is 4.75. The van der Waals surface area contributed by atoms with E-state index in [0.717, 1.165) is 11.3 Å². The molecule has 0 aliphatic carbocycles. The average Bonchev–Trinajstić information content (AvgIpc) is 3.33. The molecular formula is C18H15Cl3N4O4S2. The number of amides is 1. The topological polar surface area (TPSA) is 105 Å². The van der Waals surface area contributed by atoms with Crippen LogP contribution in [0, 0.1) is 5.92 Å². The Hall–Kier alpha value is -1.69. The molecule has 0 saturated carbocycles. The van der Waals surface area contributed by atoms with Crippen LogP contribution in [0.2, 0.25) is 13.7 Å². The Bertz CT molecular complexity index is 1210. The highest BCUT2D eigenvalue weighted by Gasteiger charge is 2.34. The van der Waals surface area contributed by atoms with Crippen LogP contribution in [0.25, 0.3) is 11.5 Å². The summed E-state index contributed by atoms with van der Waals surface area (Å²) in [5.41, 5.74) is 0.475. The highest BCUT2D eigenvalue weighted by Crippen LogP contribution is 2.38. The lowest BCUT2D eigenvalue weighted by Crippen LogP contribution is -2.43. The first-order valence-electron chi connectivity index (χ1n) is 9.09. The highest BCUT2D eigenvalue weighted by molar-refractivity contribution is 7.89. The minimum Gasteiger partial charge on any atom is -0.403 e. The van der Waals surface area contributed by atoms with Gasteiger partial charge in [0.25, 0.3) is 5.89 Å². The largest absolute Gasteiger partial charge is 0.403 e. The summed E-state index contributed by atoms with van der Waals surface area (Å²) in [6, 6.07) is 7.42. The van der Waals surface area contributed by atoms with Crippen molar-refractivity contribution in [1.82, 2.24) is 14.5 Å². The number of hydrogen-bond donors (Lipinski definition) is 1. The molecule has 1 unspecified atom stereocenters. The second-order valence-electron chi connectivity index (χ2n) is 6.80. The van der Waals surface area contributed by atoms with E-state index < -0.39 is 21.8 Å². The maximum absolute atomic E-state index is 12.9. The average molecular weight is 522 g/mol. The first-order valence-corrected chi connectivity index (χ1v) is 12.5. The van der Waals surface area contributed by atoms with Gasteiger partial charge in [-0.25, -0.2) is 8.42 Å². The lowest BCUT2D eigenvalue weighted by molar-refractivity contribution is -0.121. The fourth-order valence-corrected chi connectivity index (χ4v) is 6.30. The summed E-state index contributed by atoms with van der Waals surface area (Å²) < 4.78 is 33.4. The van der Waals surface area contributed by atoms with Crippen molar-refractivity contribution in [2.24, 2.45) is 5.92 Å². The predicted octanol–water partition coefficient (Wildman–Crippen LogP) is 4.80. The van der Waals surface area contributed by atoms with Crippen LogP contribution in [0.1, 0.15) is 12.8 Å². The van der Waals surface area contributed by atoms with Crippen molar-refractivity contribution in [3.05, 3.63) is 44.0 Å². The summed E-state index contributed by atoms with van der Waals surface area (Å²) >= 11 is 19.0. The van der Waals surface area contributed by atoms with Crippen LogP contribution in [0.15, 0.2) is 39.6 Å². The number of carbonyl (C=O) groups excluding carboxylic acids is 1. The molecule has 31 heavy (non-hydrogen) atoms. The van der Waals surface area contributed by atoms with Crippen molar-refractivity contribution in [2.75, 3.05) is 18.4 Å². The summed E-state index contributed by atoms with van der Waals surface area (Å²) in [6.07, 6.45) is 1.08. The molecule has 164 valence electrons. The van der Waals surface area contributed by atoms with Crippen molar-refractivity contribution in [1.29, 1.82) is 0 Å². The summed E-state index contributed by atoms with van der Waals surface area (Å²) in [7, 11) is -3.74. The molecule has 1 fully saturated rings. The first-order chi connectivity index (χ1) is 14.7. The van der Waals surface area contributed by atoms with Gasteiger partial charge in [0.15, 0.2) is 0 Å². The van der Waals surface area contributed by atoms with Crippen LogP contribution in [0.3, 0.4) is 0 Å². The van der Waals surface area contributed by atoms with Crippen LogP contribution in [0.5, 0.6) is 0 Å². The van der Waals surface area contributed by atoms with E-state index in [9.17, 15) is 13.2 Å². The number of sulfonamides is 1. The second kappa shape index (κ2) is 9.05. The Morgan fingerprint density at radius 1 is 1.19 bits per heavy atom. The lowest BCUT2D eigenvalue weighted by atomic mass is 9.99. The smallest absolute Gasteiger partial charge is 0.322 e. The van der Waals surface area contributed by atoms with Crippen molar-refractivity contribution >= 4 is 68.1 Å². The summed E-state index contributed by atoms with van der Waals surface area (Å²) in [5.74, 6) is -0.843. The Morgan fingerprint density at radius 3 is 2.61 bits per heavy atom. The highest BCUT2D eigenvalue weighted by atomic mass is 35.5. The molecule has 3 aromatic rings. The maximum Gasteiger partial charge on any atom is 0.322 e. The number of rotatable bonds is 5. The SMILES string of the molecule is O=C(Nc1nnc(-c2cc(Cl)sc2Cl)o1)C1CCCN(S(=O)(=O)c2ccc(Cl)cc2)C1. The number of nitrogens with zero attached hydrogens (tertiary/aromatic N) is 3. The van der Waals surface area contributed by atoms with E-state index in [-0.39, 0.29) is 23.3 Å². The van der Waals surface area contributed by atoms with E-state index in [1.54, 1.807) is 6.07 Å². The minimum absolute atomic E-state index is 0.0454. The van der Waals surface area contributed by atoms with Crippen molar-refractivity contribution in [3.63, 3.8) is 0 Å². The first kappa shape index (κ1) is 22.5. The molecule has 3 heterocycles. The van der Waals surface area contributed by atoms with Gasteiger partial charge in [-0.1, -0.05) is 39.9 Å². The number of nitrogens with one attached hydrogen (secondary N) is 1. The molecule has 1 aliphatic rings. The Balaban J connectivity index is 1.45. The van der Waals surface area contributed by atoms with Gasteiger partial charge in [0.05, 0.1) is 20.7 Å². The van der Waals surface area contributed by atoms with E-state index in [0.29, 0.717) is 38.6 Å². The zero-order valence-corrected chi connectivity index (χ0v) is 19.6. The quantitative estimate of drug-likeness (QED) is 0.517. The van der Waals surface area contributed by atoms with Gasteiger partial charge in [-0.2, -0.15) is 4.31 Å². The number of thiophene rings is 1. The number of carbonyl (C=O) groups is 1. The molecule has 2 aromatic heterocycles. The van der Waals surface area contributed by atoms with E-state index in [4.69, 9.17) is 39.2 Å². The zero-order valence-electron chi connectivity index (χ0n) is 15.7. The summed E-state index contributed by atoms with van der Waals surface area (Å²) in [4.78, 5) is 12.8. The van der Waals surface area contributed by atoms with Crippen LogP contribution in [0.4, 0.5) is 6.01 Å². The number of piperidine rings is 1. The van der Waals surface area contributed by atoms with Crippen LogP contribution < -0.4 is 5.32 Å². The maximum atomic E-state index is 12.9. The lowest BCUT2D eigenvalue weighted by Gasteiger charge is -2.30. The molecule has 1 amide bonds. The van der Waals surface area contributed by atoms with Gasteiger partial charge in [0.1, 0.15) is 4.34 Å². The fourth-order valence-electron chi connectivity index (χ4n) is 3.21. The number of benzene rings is 1. The van der Waals surface area contributed by atoms with E-state index in [1.165, 1.54) is 28.6 Å². The van der Waals surface area contributed by atoms with Crippen LogP contribution >= 0.6 is 46.1 Å². The monoisotopic (exact) mass is 520 g/mol. The van der Waals surface area contributed by atoms with Crippen molar-refractivity contribution in [3.8, 4) is 11.5 Å². The summed E-state index contributed by atoms with van der Waals surface area (Å²) in [6.45, 7) is 0.376. The molecule has 1 N–H and O–H groups in total. The normalized spacial score (nSPS) is 17.6. The zero-order chi connectivity index (χ0) is 22.2. The number of hydrogen-bond acceptors (Lipinski definition) is 7. The Kier molecular flexibility index (Phi) is 6.57. The van der Waals surface area contributed by atoms with Gasteiger partial charge >= 0.3 is 6.01 Å². The molecule has 1 aliphatic heterocycles. The standard InChI is InChI=1S/C18H15Cl3N4O4S2/c19-11-3-5-12(6-4-11)31(27,28)25-7-1-2-10(9-25)16(26)22-18-24-23-17(29-18)13-8-14(20)30-15(13)21/h3-6,8,10H,1-2,7,9H2,(H,22,24,26). The number of aromatic nitrogens is 2. The molecule has 1 aromatic carbocycles. The Labute approximate surface area is 197 Å². The van der Waals surface area contributed by atoms with Gasteiger partial charge < -0.3 is 4.42 Å². The third kappa shape index (κ3) is 4.89. The van der Waals surface area contributed by atoms with Crippen LogP contribution in [-0.4, -0.2) is 41.9 Å². The molecule has 0 radical (unpaired) electrons. The molecular weight excluding hydrogens is 507 g/mol. The molecule has 0 spiro atoms. The van der Waals surface area contributed by atoms with E-state index >= 15 is 0 Å². The molecule has 8 nitrogen and oxygen atoms in total. The second-order valence-corrected chi connectivity index (χ2v) is 11.5.